The number of hydrogen-bond acceptors (Lipinski definition) is 4. The van der Waals surface area contributed by atoms with Crippen LogP contribution in [0.15, 0.2) is 42.5 Å². The second-order valence-electron chi connectivity index (χ2n) is 6.07. The molecule has 5 nitrogen and oxygen atoms in total. The van der Waals surface area contributed by atoms with E-state index in [9.17, 15) is 9.59 Å². The van der Waals surface area contributed by atoms with E-state index < -0.39 is 6.09 Å². The molecule has 0 radical (unpaired) electrons. The summed E-state index contributed by atoms with van der Waals surface area (Å²) in [6.45, 7) is 0.215. The van der Waals surface area contributed by atoms with Crippen molar-refractivity contribution in [3.63, 3.8) is 0 Å². The molecule has 3 aliphatic rings. The largest absolute Gasteiger partial charge is 0.469 e. The van der Waals surface area contributed by atoms with Gasteiger partial charge < -0.3 is 14.8 Å². The van der Waals surface area contributed by atoms with E-state index in [-0.39, 0.29) is 36.4 Å². The van der Waals surface area contributed by atoms with Crippen molar-refractivity contribution >= 4 is 12.1 Å². The molecule has 4 rings (SSSR count). The molecule has 23 heavy (non-hydrogen) atoms. The van der Waals surface area contributed by atoms with Crippen molar-refractivity contribution in [2.24, 2.45) is 17.8 Å². The van der Waals surface area contributed by atoms with Gasteiger partial charge in [-0.3, -0.25) is 4.79 Å². The molecule has 4 atom stereocenters. The Morgan fingerprint density at radius 2 is 1.83 bits per heavy atom. The molecule has 0 saturated heterocycles. The molecule has 0 spiro atoms. The quantitative estimate of drug-likeness (QED) is 0.685. The third-order valence-electron chi connectivity index (χ3n) is 4.72. The van der Waals surface area contributed by atoms with Crippen LogP contribution in [0.5, 0.6) is 0 Å². The molecule has 2 unspecified atom stereocenters. The molecule has 5 heteroatoms. The molecule has 2 bridgehead atoms. The molecular formula is C18H21NO4. The summed E-state index contributed by atoms with van der Waals surface area (Å²) in [5, 5.41) is 2.87. The van der Waals surface area contributed by atoms with Crippen LogP contribution in [0.3, 0.4) is 0 Å². The number of nitrogens with one attached hydrogen (secondary N) is 1. The maximum absolute atomic E-state index is 12.1. The highest BCUT2D eigenvalue weighted by molar-refractivity contribution is 5.76. The van der Waals surface area contributed by atoms with E-state index in [4.69, 9.17) is 9.47 Å². The minimum Gasteiger partial charge on any atom is -0.469 e. The van der Waals surface area contributed by atoms with Crippen molar-refractivity contribution in [3.05, 3.63) is 48.0 Å². The van der Waals surface area contributed by atoms with Crippen LogP contribution in [0, 0.1) is 17.8 Å². The van der Waals surface area contributed by atoms with Crippen molar-refractivity contribution in [3.8, 4) is 0 Å². The highest BCUT2D eigenvalue weighted by Crippen LogP contribution is 2.41. The molecule has 0 aliphatic heterocycles. The summed E-state index contributed by atoms with van der Waals surface area (Å²) in [7, 11) is 1.39. The number of esters is 1. The zero-order chi connectivity index (χ0) is 16.2. The number of carbonyl (C=O) groups excluding carboxylic acids is 2. The van der Waals surface area contributed by atoms with E-state index in [1.165, 1.54) is 7.11 Å². The lowest BCUT2D eigenvalue weighted by Gasteiger charge is -2.43. The molecule has 0 heterocycles. The predicted molar refractivity (Wildman–Crippen MR) is 84.4 cm³/mol. The Balaban J connectivity index is 1.62. The Labute approximate surface area is 135 Å². The lowest BCUT2D eigenvalue weighted by Crippen LogP contribution is -2.54. The van der Waals surface area contributed by atoms with Crippen LogP contribution in [0.4, 0.5) is 4.79 Å². The van der Waals surface area contributed by atoms with Gasteiger partial charge >= 0.3 is 12.1 Å². The summed E-state index contributed by atoms with van der Waals surface area (Å²) in [5.74, 6) is -0.300. The summed E-state index contributed by atoms with van der Waals surface area (Å²) in [6.07, 6.45) is 5.60. The predicted octanol–water partition coefficient (Wildman–Crippen LogP) is 2.67. The standard InChI is InChI=1S/C18H21NO4/c1-22-17(20)15-13-7-9-14(10-8-13)16(15)19-18(21)23-11-12-5-3-2-4-6-12/h2-7,9,13-16H,8,10-11H2,1H3,(H,19,21)/t13?,14?,15-,16-/m0/s1. The van der Waals surface area contributed by atoms with Crippen LogP contribution in [0.1, 0.15) is 18.4 Å². The van der Waals surface area contributed by atoms with Gasteiger partial charge in [0.05, 0.1) is 19.1 Å². The molecule has 1 aromatic carbocycles. The van der Waals surface area contributed by atoms with E-state index in [1.54, 1.807) is 0 Å². The lowest BCUT2D eigenvalue weighted by molar-refractivity contribution is -0.150. The van der Waals surface area contributed by atoms with Crippen LogP contribution in [-0.2, 0) is 20.9 Å². The lowest BCUT2D eigenvalue weighted by atomic mass is 9.66. The normalized spacial score (nSPS) is 28.2. The molecule has 1 saturated carbocycles. The van der Waals surface area contributed by atoms with Gasteiger partial charge in [0.1, 0.15) is 6.61 Å². The van der Waals surface area contributed by atoms with E-state index in [2.05, 4.69) is 17.5 Å². The monoisotopic (exact) mass is 315 g/mol. The summed E-state index contributed by atoms with van der Waals surface area (Å²) in [6, 6.07) is 9.25. The van der Waals surface area contributed by atoms with Gasteiger partial charge in [0, 0.05) is 0 Å². The molecule has 3 aliphatic carbocycles. The number of rotatable bonds is 4. The minimum absolute atomic E-state index is 0.131. The molecule has 1 amide bonds. The first-order chi connectivity index (χ1) is 11.2. The first-order valence-electron chi connectivity index (χ1n) is 7.92. The van der Waals surface area contributed by atoms with Crippen molar-refractivity contribution in [1.29, 1.82) is 0 Å². The van der Waals surface area contributed by atoms with Crippen LogP contribution < -0.4 is 5.32 Å². The SMILES string of the molecule is COC(=O)[C@H]1C2C=CC(CC2)[C@@H]1NC(=O)OCc1ccccc1. The Bertz CT molecular complexity index is 598. The van der Waals surface area contributed by atoms with Gasteiger partial charge in [-0.25, -0.2) is 4.79 Å². The topological polar surface area (TPSA) is 64.6 Å². The minimum atomic E-state index is -0.492. The van der Waals surface area contributed by atoms with Gasteiger partial charge in [-0.15, -0.1) is 0 Å². The zero-order valence-corrected chi connectivity index (χ0v) is 13.1. The Morgan fingerprint density at radius 1 is 1.13 bits per heavy atom. The molecule has 1 N–H and O–H groups in total. The fourth-order valence-electron chi connectivity index (χ4n) is 3.55. The first kappa shape index (κ1) is 15.6. The summed E-state index contributed by atoms with van der Waals surface area (Å²) in [5.41, 5.74) is 0.928. The maximum atomic E-state index is 12.1. The van der Waals surface area contributed by atoms with Crippen LogP contribution in [0.2, 0.25) is 0 Å². The van der Waals surface area contributed by atoms with Crippen LogP contribution in [0.25, 0.3) is 0 Å². The first-order valence-corrected chi connectivity index (χ1v) is 7.92. The fourth-order valence-corrected chi connectivity index (χ4v) is 3.55. The number of allylic oxidation sites excluding steroid dienone is 1. The van der Waals surface area contributed by atoms with E-state index in [0.29, 0.717) is 0 Å². The Hall–Kier alpha value is -2.30. The van der Waals surface area contributed by atoms with Gasteiger partial charge in [-0.05, 0) is 30.2 Å². The number of benzene rings is 1. The number of methoxy groups -OCH3 is 1. The highest BCUT2D eigenvalue weighted by Gasteiger charge is 2.46. The number of fused-ring (bicyclic) bond motifs is 2. The number of amides is 1. The van der Waals surface area contributed by atoms with Gasteiger partial charge in [0.15, 0.2) is 0 Å². The average Bonchev–Trinajstić information content (AvgIpc) is 2.61. The second kappa shape index (κ2) is 6.86. The summed E-state index contributed by atoms with van der Waals surface area (Å²) < 4.78 is 10.2. The molecule has 1 aromatic rings. The van der Waals surface area contributed by atoms with Gasteiger partial charge in [-0.2, -0.15) is 0 Å². The summed E-state index contributed by atoms with van der Waals surface area (Å²) >= 11 is 0. The highest BCUT2D eigenvalue weighted by atomic mass is 16.5. The van der Waals surface area contributed by atoms with Crippen molar-refractivity contribution in [2.45, 2.75) is 25.5 Å². The van der Waals surface area contributed by atoms with Gasteiger partial charge in [-0.1, -0.05) is 42.5 Å². The zero-order valence-electron chi connectivity index (χ0n) is 13.1. The Morgan fingerprint density at radius 3 is 2.48 bits per heavy atom. The van der Waals surface area contributed by atoms with Crippen molar-refractivity contribution in [1.82, 2.24) is 5.32 Å². The van der Waals surface area contributed by atoms with E-state index in [0.717, 1.165) is 18.4 Å². The van der Waals surface area contributed by atoms with Gasteiger partial charge in [0.25, 0.3) is 0 Å². The number of ether oxygens (including phenoxy) is 2. The molecule has 1 fully saturated rings. The number of alkyl carbamates (subject to hydrolysis) is 1. The summed E-state index contributed by atoms with van der Waals surface area (Å²) in [4.78, 5) is 24.2. The van der Waals surface area contributed by atoms with Crippen LogP contribution >= 0.6 is 0 Å². The molecular weight excluding hydrogens is 294 g/mol. The smallest absolute Gasteiger partial charge is 0.407 e. The third-order valence-corrected chi connectivity index (χ3v) is 4.72. The average molecular weight is 315 g/mol. The third kappa shape index (κ3) is 3.38. The number of carbonyl (C=O) groups is 2. The van der Waals surface area contributed by atoms with Crippen molar-refractivity contribution < 1.29 is 19.1 Å². The fraction of sp³-hybridized carbons (Fsp3) is 0.444. The van der Waals surface area contributed by atoms with E-state index in [1.807, 2.05) is 30.3 Å². The van der Waals surface area contributed by atoms with Crippen LogP contribution in [-0.4, -0.2) is 25.2 Å². The van der Waals surface area contributed by atoms with Gasteiger partial charge in [0.2, 0.25) is 0 Å². The molecule has 122 valence electrons. The van der Waals surface area contributed by atoms with Crippen molar-refractivity contribution in [2.75, 3.05) is 7.11 Å². The van der Waals surface area contributed by atoms with E-state index >= 15 is 0 Å². The maximum Gasteiger partial charge on any atom is 0.407 e. The Kier molecular flexibility index (Phi) is 4.65. The second-order valence-corrected chi connectivity index (χ2v) is 6.07. The number of hydrogen-bond donors (Lipinski definition) is 1. The molecule has 0 aromatic heterocycles.